The smallest absolute Gasteiger partial charge is 0.100 e. The summed E-state index contributed by atoms with van der Waals surface area (Å²) in [4.78, 5) is 0. The Kier molecular flexibility index (Phi) is 4.03. The normalized spacial score (nSPS) is 25.0. The van der Waals surface area contributed by atoms with Crippen molar-refractivity contribution in [2.24, 2.45) is 0 Å². The van der Waals surface area contributed by atoms with Crippen molar-refractivity contribution in [3.05, 3.63) is 47.0 Å². The zero-order valence-electron chi connectivity index (χ0n) is 11.6. The molecule has 0 radical (unpaired) electrons. The quantitative estimate of drug-likeness (QED) is 0.764. The highest BCUT2D eigenvalue weighted by Crippen LogP contribution is 2.40. The van der Waals surface area contributed by atoms with Crippen LogP contribution < -0.4 is 0 Å². The first-order valence-electron chi connectivity index (χ1n) is 7.81. The van der Waals surface area contributed by atoms with Gasteiger partial charge in [-0.3, -0.25) is 0 Å². The highest BCUT2D eigenvalue weighted by atomic mass is 16.3. The fourth-order valence-electron chi connectivity index (χ4n) is 3.05. The second-order valence-electron chi connectivity index (χ2n) is 6.08. The molecule has 0 heterocycles. The van der Waals surface area contributed by atoms with Gasteiger partial charge in [0.05, 0.1) is 0 Å². The van der Waals surface area contributed by atoms with Gasteiger partial charge in [-0.25, -0.2) is 0 Å². The summed E-state index contributed by atoms with van der Waals surface area (Å²) in [5.41, 5.74) is 3.75. The van der Waals surface area contributed by atoms with Gasteiger partial charge in [0.1, 0.15) is 6.10 Å². The zero-order chi connectivity index (χ0) is 13.1. The molecule has 0 saturated heterocycles. The van der Waals surface area contributed by atoms with Crippen molar-refractivity contribution in [1.82, 2.24) is 0 Å². The van der Waals surface area contributed by atoms with E-state index >= 15 is 0 Å². The lowest BCUT2D eigenvalue weighted by molar-refractivity contribution is 0.209. The fourth-order valence-corrected chi connectivity index (χ4v) is 3.05. The maximum Gasteiger partial charge on any atom is 0.100 e. The average molecular weight is 256 g/mol. The summed E-state index contributed by atoms with van der Waals surface area (Å²) < 4.78 is 0. The van der Waals surface area contributed by atoms with Crippen LogP contribution in [0.3, 0.4) is 0 Å². The van der Waals surface area contributed by atoms with Crippen molar-refractivity contribution >= 4 is 0 Å². The summed E-state index contributed by atoms with van der Waals surface area (Å²) in [6.07, 6.45) is 11.9. The molecule has 1 aromatic rings. The molecule has 1 atom stereocenters. The number of aliphatic hydroxyl groups is 1. The molecular weight excluding hydrogens is 232 g/mol. The van der Waals surface area contributed by atoms with Crippen LogP contribution in [0.25, 0.3) is 0 Å². The molecule has 1 N–H and O–H groups in total. The molecule has 102 valence electrons. The second-order valence-corrected chi connectivity index (χ2v) is 6.08. The fraction of sp³-hybridized carbons (Fsp3) is 0.556. The molecule has 1 fully saturated rings. The Morgan fingerprint density at radius 3 is 2.42 bits per heavy atom. The van der Waals surface area contributed by atoms with Gasteiger partial charge in [0.2, 0.25) is 0 Å². The third-order valence-corrected chi connectivity index (χ3v) is 4.48. The first-order chi connectivity index (χ1) is 9.34. The molecule has 0 spiro atoms. The molecule has 0 aliphatic heterocycles. The predicted molar refractivity (Wildman–Crippen MR) is 79.2 cm³/mol. The molecule has 3 rings (SSSR count). The molecule has 1 saturated carbocycles. The van der Waals surface area contributed by atoms with Crippen molar-refractivity contribution in [3.63, 3.8) is 0 Å². The van der Waals surface area contributed by atoms with Gasteiger partial charge in [-0.05, 0) is 61.1 Å². The summed E-state index contributed by atoms with van der Waals surface area (Å²) in [6, 6.07) is 8.66. The Morgan fingerprint density at radius 2 is 1.68 bits per heavy atom. The Morgan fingerprint density at radius 1 is 0.947 bits per heavy atom. The van der Waals surface area contributed by atoms with Crippen LogP contribution >= 0.6 is 0 Å². The van der Waals surface area contributed by atoms with E-state index in [4.69, 9.17) is 0 Å². The van der Waals surface area contributed by atoms with Gasteiger partial charge in [0, 0.05) is 0 Å². The molecule has 0 aromatic heterocycles. The first-order valence-corrected chi connectivity index (χ1v) is 7.81. The third kappa shape index (κ3) is 3.27. The summed E-state index contributed by atoms with van der Waals surface area (Å²) >= 11 is 0. The van der Waals surface area contributed by atoms with E-state index in [2.05, 4.69) is 30.3 Å². The van der Waals surface area contributed by atoms with E-state index in [0.717, 1.165) is 24.3 Å². The van der Waals surface area contributed by atoms with Crippen molar-refractivity contribution in [1.29, 1.82) is 0 Å². The van der Waals surface area contributed by atoms with Crippen LogP contribution in [0, 0.1) is 0 Å². The van der Waals surface area contributed by atoms with E-state index in [9.17, 15) is 5.11 Å². The number of allylic oxidation sites excluding steroid dienone is 1. The van der Waals surface area contributed by atoms with Crippen LogP contribution in [0.15, 0.2) is 35.9 Å². The number of aliphatic hydroxyl groups excluding tert-OH is 1. The molecule has 0 bridgehead atoms. The highest BCUT2D eigenvalue weighted by molar-refractivity contribution is 5.32. The van der Waals surface area contributed by atoms with Crippen molar-refractivity contribution < 1.29 is 5.11 Å². The maximum atomic E-state index is 10.5. The summed E-state index contributed by atoms with van der Waals surface area (Å²) in [5, 5.41) is 10.5. The SMILES string of the molecule is OC(/C1=C/CCCCCC1)c1ccc(C2CC2)cc1. The minimum Gasteiger partial charge on any atom is -0.384 e. The molecule has 1 heteroatoms. The standard InChI is InChI=1S/C18H24O/c19-18(16-6-4-2-1-3-5-7-16)17-12-10-15(11-13-17)14-8-9-14/h6,10-14,18-19H,1-5,7-9H2/b16-6+. The molecule has 19 heavy (non-hydrogen) atoms. The highest BCUT2D eigenvalue weighted by Gasteiger charge is 2.23. The topological polar surface area (TPSA) is 20.2 Å². The molecular formula is C18H24O. The lowest BCUT2D eigenvalue weighted by Crippen LogP contribution is -2.03. The van der Waals surface area contributed by atoms with Crippen molar-refractivity contribution in [2.75, 3.05) is 0 Å². The monoisotopic (exact) mass is 256 g/mol. The molecule has 1 unspecified atom stereocenters. The second kappa shape index (κ2) is 5.92. The van der Waals surface area contributed by atoms with E-state index in [1.54, 1.807) is 0 Å². The summed E-state index contributed by atoms with van der Waals surface area (Å²) in [5.74, 6) is 0.798. The summed E-state index contributed by atoms with van der Waals surface area (Å²) in [6.45, 7) is 0. The number of hydrogen-bond acceptors (Lipinski definition) is 1. The zero-order valence-corrected chi connectivity index (χ0v) is 11.6. The molecule has 1 aromatic carbocycles. The van der Waals surface area contributed by atoms with E-state index in [1.165, 1.54) is 49.7 Å². The molecule has 2 aliphatic carbocycles. The number of benzene rings is 1. The Labute approximate surface area is 116 Å². The van der Waals surface area contributed by atoms with Crippen LogP contribution in [0.1, 0.15) is 74.5 Å². The third-order valence-electron chi connectivity index (χ3n) is 4.48. The Bertz CT molecular complexity index is 439. The van der Waals surface area contributed by atoms with Crippen LogP contribution in [0.4, 0.5) is 0 Å². The first kappa shape index (κ1) is 12.9. The minimum absolute atomic E-state index is 0.383. The van der Waals surface area contributed by atoms with Gasteiger partial charge in [0.15, 0.2) is 0 Å². The van der Waals surface area contributed by atoms with Gasteiger partial charge < -0.3 is 5.11 Å². The lowest BCUT2D eigenvalue weighted by Gasteiger charge is -2.18. The van der Waals surface area contributed by atoms with Gasteiger partial charge in [-0.1, -0.05) is 43.2 Å². The Hall–Kier alpha value is -1.08. The Balaban J connectivity index is 1.72. The van der Waals surface area contributed by atoms with E-state index in [-0.39, 0.29) is 6.10 Å². The minimum atomic E-state index is -0.383. The van der Waals surface area contributed by atoms with Gasteiger partial charge in [0.25, 0.3) is 0 Å². The lowest BCUT2D eigenvalue weighted by atomic mass is 9.92. The van der Waals surface area contributed by atoms with Crippen LogP contribution in [-0.2, 0) is 0 Å². The predicted octanol–water partition coefficient (Wildman–Crippen LogP) is 4.88. The van der Waals surface area contributed by atoms with Crippen LogP contribution in [-0.4, -0.2) is 5.11 Å². The van der Waals surface area contributed by atoms with Crippen molar-refractivity contribution in [3.8, 4) is 0 Å². The van der Waals surface area contributed by atoms with E-state index < -0.39 is 0 Å². The largest absolute Gasteiger partial charge is 0.384 e. The van der Waals surface area contributed by atoms with Gasteiger partial charge >= 0.3 is 0 Å². The van der Waals surface area contributed by atoms with E-state index in [0.29, 0.717) is 0 Å². The maximum absolute atomic E-state index is 10.5. The molecule has 0 amide bonds. The molecule has 2 aliphatic rings. The van der Waals surface area contributed by atoms with Crippen molar-refractivity contribution in [2.45, 2.75) is 63.4 Å². The molecule has 1 nitrogen and oxygen atoms in total. The number of hydrogen-bond donors (Lipinski definition) is 1. The van der Waals surface area contributed by atoms with Gasteiger partial charge in [-0.15, -0.1) is 0 Å². The average Bonchev–Trinajstić information content (AvgIpc) is 3.22. The number of rotatable bonds is 3. The van der Waals surface area contributed by atoms with Crippen LogP contribution in [0.2, 0.25) is 0 Å². The van der Waals surface area contributed by atoms with Crippen LogP contribution in [0.5, 0.6) is 0 Å². The summed E-state index contributed by atoms with van der Waals surface area (Å²) in [7, 11) is 0. The van der Waals surface area contributed by atoms with E-state index in [1.807, 2.05) is 0 Å². The van der Waals surface area contributed by atoms with Gasteiger partial charge in [-0.2, -0.15) is 0 Å².